The number of aliphatic hydroxyl groups excluding tert-OH is 1. The van der Waals surface area contributed by atoms with Crippen molar-refractivity contribution in [3.05, 3.63) is 53.9 Å². The first kappa shape index (κ1) is 18.2. The molecule has 1 N–H and O–H groups in total. The smallest absolute Gasteiger partial charge is 0.256 e. The maximum absolute atomic E-state index is 12.7. The summed E-state index contributed by atoms with van der Waals surface area (Å²) in [4.78, 5) is 20.9. The highest BCUT2D eigenvalue weighted by Gasteiger charge is 2.26. The van der Waals surface area contributed by atoms with Gasteiger partial charge < -0.3 is 19.6 Å². The molecule has 1 aliphatic heterocycles. The van der Waals surface area contributed by atoms with Crippen molar-refractivity contribution in [3.63, 3.8) is 0 Å². The van der Waals surface area contributed by atoms with Gasteiger partial charge in [0.25, 0.3) is 5.91 Å². The molecule has 0 radical (unpaired) electrons. The van der Waals surface area contributed by atoms with Crippen LogP contribution in [0.25, 0.3) is 0 Å². The molecule has 0 saturated carbocycles. The lowest BCUT2D eigenvalue weighted by Crippen LogP contribution is -2.38. The van der Waals surface area contributed by atoms with E-state index in [1.807, 2.05) is 19.2 Å². The summed E-state index contributed by atoms with van der Waals surface area (Å²) >= 11 is 0. The predicted molar refractivity (Wildman–Crippen MR) is 100 cm³/mol. The monoisotopic (exact) mass is 355 g/mol. The van der Waals surface area contributed by atoms with Gasteiger partial charge in [-0.25, -0.2) is 0 Å². The first-order chi connectivity index (χ1) is 12.6. The second-order valence-corrected chi connectivity index (χ2v) is 6.50. The highest BCUT2D eigenvalue weighted by atomic mass is 16.5. The molecule has 1 aliphatic rings. The first-order valence-electron chi connectivity index (χ1n) is 8.86. The summed E-state index contributed by atoms with van der Waals surface area (Å²) in [6.07, 6.45) is 3.37. The van der Waals surface area contributed by atoms with Crippen molar-refractivity contribution in [2.24, 2.45) is 0 Å². The minimum atomic E-state index is -1.14. The lowest BCUT2D eigenvalue weighted by Gasteiger charge is -2.26. The minimum Gasteiger partial charge on any atom is -0.497 e. The van der Waals surface area contributed by atoms with E-state index in [1.165, 1.54) is 0 Å². The Kier molecular flexibility index (Phi) is 5.73. The van der Waals surface area contributed by atoms with Crippen LogP contribution in [0, 0.1) is 6.92 Å². The highest BCUT2D eigenvalue weighted by Crippen LogP contribution is 2.23. The van der Waals surface area contributed by atoms with E-state index in [1.54, 1.807) is 42.5 Å². The van der Waals surface area contributed by atoms with Crippen molar-refractivity contribution >= 4 is 11.6 Å². The number of nitrogens with zero attached hydrogens (tertiary/aromatic N) is 3. The fraction of sp³-hybridized carbons (Fsp3) is 0.400. The van der Waals surface area contributed by atoms with Crippen LogP contribution in [-0.4, -0.2) is 54.2 Å². The molecule has 2 heterocycles. The van der Waals surface area contributed by atoms with Gasteiger partial charge in [-0.15, -0.1) is 0 Å². The minimum absolute atomic E-state index is 0.247. The molecule has 3 rings (SSSR count). The summed E-state index contributed by atoms with van der Waals surface area (Å²) in [5.74, 6) is 0.454. The summed E-state index contributed by atoms with van der Waals surface area (Å²) in [7, 11) is 1.59. The third-order valence-corrected chi connectivity index (χ3v) is 4.80. The number of aliphatic hydroxyl groups is 1. The number of anilines is 1. The summed E-state index contributed by atoms with van der Waals surface area (Å²) in [6, 6.07) is 8.97. The third kappa shape index (κ3) is 3.96. The van der Waals surface area contributed by atoms with Gasteiger partial charge in [0.05, 0.1) is 7.11 Å². The zero-order valence-corrected chi connectivity index (χ0v) is 15.3. The maximum atomic E-state index is 12.7. The van der Waals surface area contributed by atoms with Crippen LogP contribution in [0.3, 0.4) is 0 Å². The Balaban J connectivity index is 1.66. The molecule has 0 aliphatic carbocycles. The number of rotatable bonds is 4. The van der Waals surface area contributed by atoms with Crippen molar-refractivity contribution < 1.29 is 14.6 Å². The van der Waals surface area contributed by atoms with E-state index in [2.05, 4.69) is 9.88 Å². The Hall–Kier alpha value is -2.60. The summed E-state index contributed by atoms with van der Waals surface area (Å²) in [6.45, 7) is 4.91. The molecular formula is C20H25N3O3. The molecule has 1 amide bonds. The molecule has 138 valence electrons. The quantitative estimate of drug-likeness (QED) is 0.911. The molecule has 26 heavy (non-hydrogen) atoms. The van der Waals surface area contributed by atoms with Crippen molar-refractivity contribution in [1.29, 1.82) is 0 Å². The largest absolute Gasteiger partial charge is 0.497 e. The standard InChI is InChI=1S/C20H25N3O3/c1-15-14-21-9-8-18(15)22-10-3-11-23(13-12-22)20(25)19(24)16-4-6-17(26-2)7-5-16/h4-9,14,19,24H,3,10-13H2,1-2H3/t19-/m0/s1. The number of pyridine rings is 1. The molecule has 1 fully saturated rings. The van der Waals surface area contributed by atoms with Gasteiger partial charge in [0.15, 0.2) is 6.10 Å². The average Bonchev–Trinajstić information content (AvgIpc) is 2.93. The van der Waals surface area contributed by atoms with Crippen molar-refractivity contribution in [2.75, 3.05) is 38.2 Å². The van der Waals surface area contributed by atoms with Crippen LogP contribution in [0.4, 0.5) is 5.69 Å². The number of methoxy groups -OCH3 is 1. The van der Waals surface area contributed by atoms with Crippen LogP contribution >= 0.6 is 0 Å². The number of aromatic nitrogens is 1. The van der Waals surface area contributed by atoms with Crippen molar-refractivity contribution in [1.82, 2.24) is 9.88 Å². The first-order valence-corrected chi connectivity index (χ1v) is 8.86. The molecule has 1 aromatic carbocycles. The molecule has 1 atom stereocenters. The van der Waals surface area contributed by atoms with E-state index < -0.39 is 6.10 Å². The second-order valence-electron chi connectivity index (χ2n) is 6.50. The van der Waals surface area contributed by atoms with Gasteiger partial charge in [-0.3, -0.25) is 9.78 Å². The highest BCUT2D eigenvalue weighted by molar-refractivity contribution is 5.82. The normalized spacial score (nSPS) is 16.1. The number of hydrogen-bond acceptors (Lipinski definition) is 5. The van der Waals surface area contributed by atoms with E-state index in [4.69, 9.17) is 4.74 Å². The van der Waals surface area contributed by atoms with Gasteiger partial charge >= 0.3 is 0 Å². The maximum Gasteiger partial charge on any atom is 0.256 e. The molecule has 2 aromatic rings. The molecule has 1 aromatic heterocycles. The average molecular weight is 355 g/mol. The van der Waals surface area contributed by atoms with Gasteiger partial charge in [-0.1, -0.05) is 12.1 Å². The molecule has 6 nitrogen and oxygen atoms in total. The molecule has 0 unspecified atom stereocenters. The van der Waals surface area contributed by atoms with E-state index in [0.717, 1.165) is 30.8 Å². The van der Waals surface area contributed by atoms with E-state index in [0.29, 0.717) is 24.4 Å². The zero-order chi connectivity index (χ0) is 18.5. The number of ether oxygens (including phenoxy) is 1. The molecule has 1 saturated heterocycles. The Bertz CT molecular complexity index is 748. The van der Waals surface area contributed by atoms with Crippen LogP contribution < -0.4 is 9.64 Å². The van der Waals surface area contributed by atoms with Gasteiger partial charge in [0.1, 0.15) is 5.75 Å². The molecule has 0 spiro atoms. The third-order valence-electron chi connectivity index (χ3n) is 4.80. The Labute approximate surface area is 154 Å². The van der Waals surface area contributed by atoms with Crippen LogP contribution in [0.2, 0.25) is 0 Å². The zero-order valence-electron chi connectivity index (χ0n) is 15.3. The molecule has 6 heteroatoms. The van der Waals surface area contributed by atoms with Crippen molar-refractivity contribution in [3.8, 4) is 5.75 Å². The number of benzene rings is 1. The Morgan fingerprint density at radius 3 is 2.62 bits per heavy atom. The number of hydrogen-bond donors (Lipinski definition) is 1. The lowest BCUT2D eigenvalue weighted by molar-refractivity contribution is -0.140. The van der Waals surface area contributed by atoms with Gasteiger partial charge in [-0.2, -0.15) is 0 Å². The van der Waals surface area contributed by atoms with E-state index in [-0.39, 0.29) is 5.91 Å². The summed E-state index contributed by atoms with van der Waals surface area (Å²) in [5, 5.41) is 10.5. The van der Waals surface area contributed by atoms with Crippen LogP contribution in [0.5, 0.6) is 5.75 Å². The second kappa shape index (κ2) is 8.19. The number of amides is 1. The summed E-state index contributed by atoms with van der Waals surface area (Å²) < 4.78 is 5.12. The summed E-state index contributed by atoms with van der Waals surface area (Å²) in [5.41, 5.74) is 2.87. The number of carbonyl (C=O) groups is 1. The lowest BCUT2D eigenvalue weighted by atomic mass is 10.1. The van der Waals surface area contributed by atoms with Crippen LogP contribution in [0.1, 0.15) is 23.7 Å². The fourth-order valence-corrected chi connectivity index (χ4v) is 3.30. The molecular weight excluding hydrogens is 330 g/mol. The Morgan fingerprint density at radius 1 is 1.15 bits per heavy atom. The van der Waals surface area contributed by atoms with Crippen LogP contribution in [-0.2, 0) is 4.79 Å². The van der Waals surface area contributed by atoms with Crippen LogP contribution in [0.15, 0.2) is 42.7 Å². The Morgan fingerprint density at radius 2 is 1.92 bits per heavy atom. The van der Waals surface area contributed by atoms with Gasteiger partial charge in [0, 0.05) is 44.3 Å². The van der Waals surface area contributed by atoms with Gasteiger partial charge in [0.2, 0.25) is 0 Å². The topological polar surface area (TPSA) is 65.9 Å². The number of carbonyl (C=O) groups excluding carboxylic acids is 1. The van der Waals surface area contributed by atoms with Gasteiger partial charge in [-0.05, 0) is 42.7 Å². The fourth-order valence-electron chi connectivity index (χ4n) is 3.30. The number of aryl methyl sites for hydroxylation is 1. The predicted octanol–water partition coefficient (Wildman–Crippen LogP) is 2.17. The molecule has 0 bridgehead atoms. The van der Waals surface area contributed by atoms with E-state index >= 15 is 0 Å². The SMILES string of the molecule is COc1ccc([C@H](O)C(=O)N2CCCN(c3ccncc3C)CC2)cc1. The van der Waals surface area contributed by atoms with E-state index in [9.17, 15) is 9.90 Å². The van der Waals surface area contributed by atoms with Crippen molar-refractivity contribution in [2.45, 2.75) is 19.4 Å².